The van der Waals surface area contributed by atoms with Crippen molar-refractivity contribution in [3.05, 3.63) is 22.7 Å². The number of nitrogens with one attached hydrogen (secondary N) is 2. The Morgan fingerprint density at radius 2 is 2.50 bits per heavy atom. The van der Waals surface area contributed by atoms with Gasteiger partial charge in [-0.1, -0.05) is 12.8 Å². The van der Waals surface area contributed by atoms with Crippen molar-refractivity contribution in [1.82, 2.24) is 9.97 Å². The molecule has 1 aliphatic carbocycles. The van der Waals surface area contributed by atoms with Crippen molar-refractivity contribution in [2.45, 2.75) is 32.2 Å². The van der Waals surface area contributed by atoms with Crippen LogP contribution in [-0.4, -0.2) is 16.0 Å². The van der Waals surface area contributed by atoms with Gasteiger partial charge in [-0.05, 0) is 19.3 Å². The average molecular weight is 193 g/mol. The van der Waals surface area contributed by atoms with E-state index in [4.69, 9.17) is 0 Å². The van der Waals surface area contributed by atoms with E-state index in [2.05, 4.69) is 22.2 Å². The second-order valence-electron chi connectivity index (χ2n) is 4.02. The molecule has 0 saturated heterocycles. The lowest BCUT2D eigenvalue weighted by Gasteiger charge is -2.12. The highest BCUT2D eigenvalue weighted by atomic mass is 16.1. The van der Waals surface area contributed by atoms with Gasteiger partial charge in [-0.3, -0.25) is 4.79 Å². The van der Waals surface area contributed by atoms with Gasteiger partial charge in [0.25, 0.3) is 5.56 Å². The van der Waals surface area contributed by atoms with E-state index in [0.29, 0.717) is 11.9 Å². The Hall–Kier alpha value is -1.32. The Kier molecular flexibility index (Phi) is 2.52. The summed E-state index contributed by atoms with van der Waals surface area (Å²) in [5.74, 6) is 1.56. The van der Waals surface area contributed by atoms with Crippen LogP contribution in [-0.2, 0) is 0 Å². The summed E-state index contributed by atoms with van der Waals surface area (Å²) in [4.78, 5) is 17.5. The molecule has 0 aliphatic heterocycles. The second-order valence-corrected chi connectivity index (χ2v) is 4.02. The molecule has 1 unspecified atom stereocenters. The summed E-state index contributed by atoms with van der Waals surface area (Å²) in [6.07, 6.45) is 5.31. The molecule has 1 atom stereocenters. The molecule has 1 aliphatic rings. The van der Waals surface area contributed by atoms with E-state index < -0.39 is 0 Å². The number of hydrogen-bond donors (Lipinski definition) is 2. The lowest BCUT2D eigenvalue weighted by atomic mass is 10.1. The maximum Gasteiger partial charge on any atom is 0.252 e. The first-order chi connectivity index (χ1) is 6.74. The van der Waals surface area contributed by atoms with Gasteiger partial charge in [0.1, 0.15) is 5.82 Å². The van der Waals surface area contributed by atoms with Gasteiger partial charge < -0.3 is 10.3 Å². The number of aromatic nitrogens is 2. The molecule has 2 N–H and O–H groups in total. The lowest BCUT2D eigenvalue weighted by Crippen LogP contribution is -2.18. The van der Waals surface area contributed by atoms with Crippen molar-refractivity contribution in [2.24, 2.45) is 5.92 Å². The van der Waals surface area contributed by atoms with Crippen LogP contribution in [0.3, 0.4) is 0 Å². The average Bonchev–Trinajstić information content (AvgIpc) is 2.87. The number of H-pyrrole nitrogens is 1. The summed E-state index contributed by atoms with van der Waals surface area (Å²) in [5, 5.41) is 3.22. The molecule has 2 rings (SSSR count). The van der Waals surface area contributed by atoms with Crippen LogP contribution in [0.1, 0.15) is 26.2 Å². The van der Waals surface area contributed by atoms with Crippen LogP contribution in [0.5, 0.6) is 0 Å². The molecule has 1 saturated carbocycles. The molecule has 0 spiro atoms. The van der Waals surface area contributed by atoms with Crippen LogP contribution in [0.4, 0.5) is 5.82 Å². The van der Waals surface area contributed by atoms with E-state index in [1.165, 1.54) is 31.7 Å². The van der Waals surface area contributed by atoms with Crippen LogP contribution in [0, 0.1) is 5.92 Å². The summed E-state index contributed by atoms with van der Waals surface area (Å²) in [7, 11) is 0. The third-order valence-electron chi connectivity index (χ3n) is 2.46. The summed E-state index contributed by atoms with van der Waals surface area (Å²) in [6, 6.07) is 1.89. The number of anilines is 1. The Morgan fingerprint density at radius 3 is 3.14 bits per heavy atom. The normalized spacial score (nSPS) is 17.8. The Labute approximate surface area is 82.8 Å². The van der Waals surface area contributed by atoms with E-state index >= 15 is 0 Å². The maximum absolute atomic E-state index is 11.0. The topological polar surface area (TPSA) is 57.8 Å². The van der Waals surface area contributed by atoms with Crippen molar-refractivity contribution >= 4 is 5.82 Å². The minimum absolute atomic E-state index is 0.110. The number of rotatable bonds is 4. The predicted molar refractivity (Wildman–Crippen MR) is 55.3 cm³/mol. The van der Waals surface area contributed by atoms with Crippen LogP contribution in [0.15, 0.2) is 17.2 Å². The van der Waals surface area contributed by atoms with Crippen LogP contribution in [0.25, 0.3) is 0 Å². The second kappa shape index (κ2) is 3.82. The third-order valence-corrected chi connectivity index (χ3v) is 2.46. The molecule has 14 heavy (non-hydrogen) atoms. The molecule has 1 aromatic heterocycles. The highest BCUT2D eigenvalue weighted by molar-refractivity contribution is 5.32. The molecule has 0 bridgehead atoms. The Balaban J connectivity index is 1.91. The maximum atomic E-state index is 11.0. The van der Waals surface area contributed by atoms with Crippen LogP contribution in [0.2, 0.25) is 0 Å². The minimum Gasteiger partial charge on any atom is -0.367 e. The fourth-order valence-electron chi connectivity index (χ4n) is 1.61. The molecule has 76 valence electrons. The van der Waals surface area contributed by atoms with E-state index in [1.54, 1.807) is 0 Å². The van der Waals surface area contributed by atoms with Gasteiger partial charge in [0.15, 0.2) is 0 Å². The smallest absolute Gasteiger partial charge is 0.252 e. The molecule has 1 fully saturated rings. The largest absolute Gasteiger partial charge is 0.367 e. The zero-order valence-electron chi connectivity index (χ0n) is 8.29. The number of aromatic amines is 1. The van der Waals surface area contributed by atoms with E-state index in [1.807, 2.05) is 0 Å². The van der Waals surface area contributed by atoms with Gasteiger partial charge in [-0.25, -0.2) is 4.98 Å². The molecule has 1 aromatic rings. The third kappa shape index (κ3) is 2.58. The standard InChI is InChI=1S/C10H15N3O/c1-7(4-8-2-3-8)13-9-5-10(14)12-6-11-9/h5-8H,2-4H2,1H3,(H2,11,12,13,14). The zero-order chi connectivity index (χ0) is 9.97. The van der Waals surface area contributed by atoms with Crippen LogP contribution < -0.4 is 10.9 Å². The minimum atomic E-state index is -0.110. The fraction of sp³-hybridized carbons (Fsp3) is 0.600. The SMILES string of the molecule is CC(CC1CC1)Nc1cc(=O)[nH]cn1. The fourth-order valence-corrected chi connectivity index (χ4v) is 1.61. The van der Waals surface area contributed by atoms with Gasteiger partial charge >= 0.3 is 0 Å². The Bertz CT molecular complexity index is 356. The van der Waals surface area contributed by atoms with Crippen LogP contribution >= 0.6 is 0 Å². The van der Waals surface area contributed by atoms with Gasteiger partial charge in [-0.15, -0.1) is 0 Å². The predicted octanol–water partition coefficient (Wildman–Crippen LogP) is 1.37. The van der Waals surface area contributed by atoms with Crippen molar-refractivity contribution in [1.29, 1.82) is 0 Å². The molecule has 0 aromatic carbocycles. The van der Waals surface area contributed by atoms with E-state index in [-0.39, 0.29) is 5.56 Å². The highest BCUT2D eigenvalue weighted by Gasteiger charge is 2.23. The van der Waals surface area contributed by atoms with E-state index in [0.717, 1.165) is 5.92 Å². The molecule has 4 nitrogen and oxygen atoms in total. The molecule has 4 heteroatoms. The quantitative estimate of drug-likeness (QED) is 0.759. The van der Waals surface area contributed by atoms with Crippen molar-refractivity contribution in [3.8, 4) is 0 Å². The van der Waals surface area contributed by atoms with Gasteiger partial charge in [0.2, 0.25) is 0 Å². The highest BCUT2D eigenvalue weighted by Crippen LogP contribution is 2.33. The van der Waals surface area contributed by atoms with Gasteiger partial charge in [0, 0.05) is 12.1 Å². The zero-order valence-corrected chi connectivity index (χ0v) is 8.29. The first-order valence-electron chi connectivity index (χ1n) is 5.05. The van der Waals surface area contributed by atoms with Crippen molar-refractivity contribution in [2.75, 3.05) is 5.32 Å². The number of hydrogen-bond acceptors (Lipinski definition) is 3. The number of nitrogens with zero attached hydrogens (tertiary/aromatic N) is 1. The molecular formula is C10H15N3O. The van der Waals surface area contributed by atoms with E-state index in [9.17, 15) is 4.79 Å². The summed E-state index contributed by atoms with van der Waals surface area (Å²) < 4.78 is 0. The molecule has 1 heterocycles. The molecular weight excluding hydrogens is 178 g/mol. The van der Waals surface area contributed by atoms with Crippen molar-refractivity contribution < 1.29 is 0 Å². The molecule has 0 amide bonds. The first kappa shape index (κ1) is 9.24. The van der Waals surface area contributed by atoms with Gasteiger partial charge in [-0.2, -0.15) is 0 Å². The summed E-state index contributed by atoms with van der Waals surface area (Å²) in [6.45, 7) is 2.13. The lowest BCUT2D eigenvalue weighted by molar-refractivity contribution is 0.639. The van der Waals surface area contributed by atoms with Crippen molar-refractivity contribution in [3.63, 3.8) is 0 Å². The van der Waals surface area contributed by atoms with Gasteiger partial charge in [0.05, 0.1) is 6.33 Å². The Morgan fingerprint density at radius 1 is 1.71 bits per heavy atom. The molecule has 0 radical (unpaired) electrons. The summed E-state index contributed by atoms with van der Waals surface area (Å²) in [5.41, 5.74) is -0.110. The summed E-state index contributed by atoms with van der Waals surface area (Å²) >= 11 is 0. The monoisotopic (exact) mass is 193 g/mol. The first-order valence-corrected chi connectivity index (χ1v) is 5.05.